The lowest BCUT2D eigenvalue weighted by molar-refractivity contribution is -0.148. The van der Waals surface area contributed by atoms with E-state index >= 15 is 0 Å². The zero-order chi connectivity index (χ0) is 24.5. The van der Waals surface area contributed by atoms with Gasteiger partial charge in [-0.1, -0.05) is 0 Å². The number of imidazole rings is 1. The molecule has 180 valence electrons. The number of nitrogens with two attached hydrogens (primary N) is 2. The Balaban J connectivity index is 1.76. The number of hydrogen-bond acceptors (Lipinski definition) is 5. The number of carbonyl (C=O) groups excluding carboxylic acids is 2. The van der Waals surface area contributed by atoms with E-state index < -0.39 is 53.0 Å². The monoisotopic (exact) mass is 478 g/mol. The normalized spacial score (nSPS) is 14.7. The largest absolute Gasteiger partial charge is 0.449 e. The van der Waals surface area contributed by atoms with Crippen LogP contribution >= 0.6 is 0 Å². The summed E-state index contributed by atoms with van der Waals surface area (Å²) in [7, 11) is 0. The zero-order valence-corrected chi connectivity index (χ0v) is 17.1. The summed E-state index contributed by atoms with van der Waals surface area (Å²) in [4.78, 5) is 29.4. The van der Waals surface area contributed by atoms with E-state index in [-0.39, 0.29) is 50.4 Å². The maximum Gasteiger partial charge on any atom is 0.449 e. The molecule has 14 heteroatoms. The highest BCUT2D eigenvalue weighted by Crippen LogP contribution is 2.32. The highest BCUT2D eigenvalue weighted by Gasteiger charge is 2.41. The number of nitrogens with zero attached hydrogens (tertiary/aromatic N) is 3. The van der Waals surface area contributed by atoms with E-state index in [1.54, 1.807) is 0 Å². The highest BCUT2D eigenvalue weighted by molar-refractivity contribution is 5.93. The quantitative estimate of drug-likeness (QED) is 0.328. The van der Waals surface area contributed by atoms with E-state index in [0.29, 0.717) is 12.1 Å². The highest BCUT2D eigenvalue weighted by atomic mass is 19.4. The molecule has 8 nitrogen and oxygen atoms in total. The van der Waals surface area contributed by atoms with Gasteiger partial charge in [0.1, 0.15) is 5.82 Å². The van der Waals surface area contributed by atoms with Crippen molar-refractivity contribution >= 4 is 11.8 Å². The van der Waals surface area contributed by atoms with Gasteiger partial charge in [0.15, 0.2) is 17.3 Å². The molecular weight excluding hydrogens is 458 g/mol. The third-order valence-corrected chi connectivity index (χ3v) is 5.10. The van der Waals surface area contributed by atoms with Crippen LogP contribution in [0.15, 0.2) is 12.1 Å². The summed E-state index contributed by atoms with van der Waals surface area (Å²) in [5.74, 6) is -6.41. The van der Waals surface area contributed by atoms with Gasteiger partial charge in [0.05, 0.1) is 18.9 Å². The van der Waals surface area contributed by atoms with Gasteiger partial charge in [-0.15, -0.1) is 0 Å². The average molecular weight is 478 g/mol. The van der Waals surface area contributed by atoms with Crippen LogP contribution in [0, 0.1) is 17.5 Å². The van der Waals surface area contributed by atoms with Gasteiger partial charge in [-0.2, -0.15) is 13.2 Å². The number of carbonyl (C=O) groups is 2. The number of amides is 2. The molecule has 0 bridgehead atoms. The number of benzene rings is 1. The molecule has 2 heterocycles. The molecule has 0 spiro atoms. The fraction of sp³-hybridized carbons (Fsp3) is 0.421. The zero-order valence-electron chi connectivity index (χ0n) is 17.1. The van der Waals surface area contributed by atoms with Gasteiger partial charge in [-0.3, -0.25) is 9.59 Å². The first-order valence-electron chi connectivity index (χ1n) is 9.74. The molecule has 0 saturated heterocycles. The van der Waals surface area contributed by atoms with E-state index in [1.807, 2.05) is 0 Å². The predicted octanol–water partition coefficient (Wildman–Crippen LogP) is 1.27. The minimum absolute atomic E-state index is 0.116. The second-order valence-electron chi connectivity index (χ2n) is 7.43. The maximum absolute atomic E-state index is 13.8. The van der Waals surface area contributed by atoms with Crippen molar-refractivity contribution in [1.29, 1.82) is 0 Å². The molecule has 1 aromatic carbocycles. The summed E-state index contributed by atoms with van der Waals surface area (Å²) in [6.07, 6.45) is -5.44. The molecule has 2 aromatic rings. The Hall–Kier alpha value is -3.13. The Morgan fingerprint density at radius 1 is 1.12 bits per heavy atom. The summed E-state index contributed by atoms with van der Waals surface area (Å²) in [6.45, 7) is -1.06. The SMILES string of the molecule is NCNC(=O)c1nc(C(F)(F)F)n2c1CN(C(=O)C[C@H](N)Cc1cc(F)c(F)cc1F)CC2. The molecule has 33 heavy (non-hydrogen) atoms. The van der Waals surface area contributed by atoms with Crippen LogP contribution in [-0.2, 0) is 30.5 Å². The van der Waals surface area contributed by atoms with Crippen molar-refractivity contribution in [3.8, 4) is 0 Å². The van der Waals surface area contributed by atoms with Crippen LogP contribution in [0.3, 0.4) is 0 Å². The number of halogens is 6. The number of rotatable bonds is 6. The van der Waals surface area contributed by atoms with Crippen molar-refractivity contribution in [3.63, 3.8) is 0 Å². The van der Waals surface area contributed by atoms with Gasteiger partial charge in [0.2, 0.25) is 11.7 Å². The van der Waals surface area contributed by atoms with Gasteiger partial charge in [0.25, 0.3) is 5.91 Å². The molecule has 0 aliphatic carbocycles. The molecular formula is C19H20F6N6O2. The molecule has 5 N–H and O–H groups in total. The van der Waals surface area contributed by atoms with E-state index in [9.17, 15) is 35.9 Å². The second kappa shape index (κ2) is 9.39. The molecule has 3 rings (SSSR count). The Kier molecular flexibility index (Phi) is 6.97. The van der Waals surface area contributed by atoms with Crippen LogP contribution in [0.2, 0.25) is 0 Å². The topological polar surface area (TPSA) is 119 Å². The van der Waals surface area contributed by atoms with Crippen molar-refractivity contribution in [2.24, 2.45) is 11.5 Å². The lowest BCUT2D eigenvalue weighted by Crippen LogP contribution is -2.42. The summed E-state index contributed by atoms with van der Waals surface area (Å²) < 4.78 is 81.1. The minimum atomic E-state index is -4.82. The van der Waals surface area contributed by atoms with Crippen LogP contribution in [-0.4, -0.2) is 45.5 Å². The van der Waals surface area contributed by atoms with Crippen molar-refractivity contribution < 1.29 is 35.9 Å². The van der Waals surface area contributed by atoms with E-state index in [2.05, 4.69) is 10.3 Å². The first-order valence-corrected chi connectivity index (χ1v) is 9.74. The average Bonchev–Trinajstić information content (AvgIpc) is 3.11. The third kappa shape index (κ3) is 5.27. The lowest BCUT2D eigenvalue weighted by atomic mass is 10.0. The maximum atomic E-state index is 13.8. The van der Waals surface area contributed by atoms with Crippen molar-refractivity contribution in [1.82, 2.24) is 19.8 Å². The number of aromatic nitrogens is 2. The molecule has 0 saturated carbocycles. The summed E-state index contributed by atoms with van der Waals surface area (Å²) in [5, 5.41) is 2.17. The first-order chi connectivity index (χ1) is 15.4. The molecule has 2 amide bonds. The number of alkyl halides is 3. The van der Waals surface area contributed by atoms with Gasteiger partial charge in [-0.25, -0.2) is 18.2 Å². The van der Waals surface area contributed by atoms with Crippen LogP contribution in [0.4, 0.5) is 26.3 Å². The predicted molar refractivity (Wildman–Crippen MR) is 102 cm³/mol. The summed E-state index contributed by atoms with van der Waals surface area (Å²) in [5.41, 5.74) is 10.2. The van der Waals surface area contributed by atoms with Crippen molar-refractivity contribution in [2.45, 2.75) is 38.1 Å². The van der Waals surface area contributed by atoms with Crippen molar-refractivity contribution in [2.75, 3.05) is 13.2 Å². The molecule has 1 aromatic heterocycles. The van der Waals surface area contributed by atoms with Gasteiger partial charge >= 0.3 is 6.18 Å². The number of nitrogens with one attached hydrogen (secondary N) is 1. The molecule has 1 atom stereocenters. The molecule has 0 fully saturated rings. The third-order valence-electron chi connectivity index (χ3n) is 5.10. The van der Waals surface area contributed by atoms with E-state index in [1.165, 1.54) is 4.90 Å². The molecule has 0 radical (unpaired) electrons. The molecule has 1 aliphatic rings. The van der Waals surface area contributed by atoms with Gasteiger partial charge in [-0.05, 0) is 18.1 Å². The Morgan fingerprint density at radius 3 is 2.42 bits per heavy atom. The Morgan fingerprint density at radius 2 is 1.79 bits per heavy atom. The summed E-state index contributed by atoms with van der Waals surface area (Å²) >= 11 is 0. The smallest absolute Gasteiger partial charge is 0.338 e. The van der Waals surface area contributed by atoms with E-state index in [4.69, 9.17) is 11.5 Å². The van der Waals surface area contributed by atoms with Crippen LogP contribution in [0.1, 0.15) is 34.0 Å². The minimum Gasteiger partial charge on any atom is -0.338 e. The van der Waals surface area contributed by atoms with Crippen LogP contribution in [0.25, 0.3) is 0 Å². The summed E-state index contributed by atoms with van der Waals surface area (Å²) in [6, 6.07) is 0.0431. The van der Waals surface area contributed by atoms with Crippen LogP contribution in [0.5, 0.6) is 0 Å². The van der Waals surface area contributed by atoms with Crippen LogP contribution < -0.4 is 16.8 Å². The van der Waals surface area contributed by atoms with Crippen molar-refractivity contribution in [3.05, 3.63) is 52.4 Å². The fourth-order valence-corrected chi connectivity index (χ4v) is 3.58. The van der Waals surface area contributed by atoms with Gasteiger partial charge in [0, 0.05) is 31.6 Å². The van der Waals surface area contributed by atoms with E-state index in [0.717, 1.165) is 4.57 Å². The first kappa shape index (κ1) is 24.5. The number of hydrogen-bond donors (Lipinski definition) is 3. The Bertz CT molecular complexity index is 1070. The standard InChI is InChI=1S/C19H20F6N6O2/c20-11-6-13(22)12(21)4-9(11)3-10(27)5-15(32)30-1-2-31-14(7-30)16(17(33)28-8-26)29-18(31)19(23,24)25/h4,6,10H,1-3,5,7-8,26-27H2,(H,28,33)/t10-/m1/s1. The fourth-order valence-electron chi connectivity index (χ4n) is 3.58. The lowest BCUT2D eigenvalue weighted by Gasteiger charge is -2.30. The Labute approximate surface area is 183 Å². The second-order valence-corrected chi connectivity index (χ2v) is 7.43. The molecule has 1 aliphatic heterocycles. The van der Waals surface area contributed by atoms with Gasteiger partial charge < -0.3 is 26.3 Å². The molecule has 0 unspecified atom stereocenters. The number of fused-ring (bicyclic) bond motifs is 1.